The SMILES string of the molecule is COc1ccc(C(O)C(C)(C)C(=O)O)cc1C. The molecule has 0 bridgehead atoms. The number of ether oxygens (including phenoxy) is 1. The van der Waals surface area contributed by atoms with E-state index < -0.39 is 17.5 Å². The monoisotopic (exact) mass is 238 g/mol. The fourth-order valence-electron chi connectivity index (χ4n) is 1.61. The minimum atomic E-state index is -1.22. The van der Waals surface area contributed by atoms with Crippen LogP contribution in [-0.4, -0.2) is 23.3 Å². The Morgan fingerprint density at radius 3 is 2.41 bits per heavy atom. The van der Waals surface area contributed by atoms with Crippen molar-refractivity contribution in [2.24, 2.45) is 5.41 Å². The minimum Gasteiger partial charge on any atom is -0.496 e. The van der Waals surface area contributed by atoms with E-state index in [0.29, 0.717) is 11.3 Å². The lowest BCUT2D eigenvalue weighted by Crippen LogP contribution is -2.31. The second-order valence-corrected chi connectivity index (χ2v) is 4.66. The van der Waals surface area contributed by atoms with Crippen LogP contribution in [0.1, 0.15) is 31.1 Å². The second kappa shape index (κ2) is 4.75. The van der Waals surface area contributed by atoms with Gasteiger partial charge in [-0.3, -0.25) is 4.79 Å². The number of carboxylic acids is 1. The van der Waals surface area contributed by atoms with Crippen LogP contribution in [0, 0.1) is 12.3 Å². The summed E-state index contributed by atoms with van der Waals surface area (Å²) in [7, 11) is 1.57. The molecule has 17 heavy (non-hydrogen) atoms. The molecule has 0 saturated carbocycles. The van der Waals surface area contributed by atoms with Crippen molar-refractivity contribution in [1.29, 1.82) is 0 Å². The van der Waals surface area contributed by atoms with Crippen LogP contribution in [0.15, 0.2) is 18.2 Å². The molecule has 4 nitrogen and oxygen atoms in total. The smallest absolute Gasteiger partial charge is 0.312 e. The van der Waals surface area contributed by atoms with Gasteiger partial charge < -0.3 is 14.9 Å². The number of aliphatic hydroxyl groups excluding tert-OH is 1. The normalized spacial score (nSPS) is 13.2. The molecule has 1 atom stereocenters. The van der Waals surface area contributed by atoms with E-state index in [1.165, 1.54) is 13.8 Å². The minimum absolute atomic E-state index is 0.579. The highest BCUT2D eigenvalue weighted by Crippen LogP contribution is 2.35. The van der Waals surface area contributed by atoms with Crippen molar-refractivity contribution in [1.82, 2.24) is 0 Å². The van der Waals surface area contributed by atoms with Crippen molar-refractivity contribution in [2.75, 3.05) is 7.11 Å². The van der Waals surface area contributed by atoms with Gasteiger partial charge in [-0.2, -0.15) is 0 Å². The molecular weight excluding hydrogens is 220 g/mol. The zero-order valence-electron chi connectivity index (χ0n) is 10.5. The average Bonchev–Trinajstić information content (AvgIpc) is 2.27. The van der Waals surface area contributed by atoms with Gasteiger partial charge in [-0.05, 0) is 44.0 Å². The maximum absolute atomic E-state index is 11.1. The molecule has 94 valence electrons. The molecular formula is C13H18O4. The summed E-state index contributed by atoms with van der Waals surface area (Å²) < 4.78 is 5.11. The summed E-state index contributed by atoms with van der Waals surface area (Å²) in [5, 5.41) is 19.1. The lowest BCUT2D eigenvalue weighted by molar-refractivity contribution is -0.153. The van der Waals surface area contributed by atoms with Gasteiger partial charge in [-0.1, -0.05) is 6.07 Å². The van der Waals surface area contributed by atoms with Gasteiger partial charge in [0.05, 0.1) is 18.6 Å². The molecule has 1 aromatic rings. The zero-order valence-corrected chi connectivity index (χ0v) is 10.5. The first-order valence-corrected chi connectivity index (χ1v) is 5.36. The fraction of sp³-hybridized carbons (Fsp3) is 0.462. The highest BCUT2D eigenvalue weighted by Gasteiger charge is 2.36. The number of methoxy groups -OCH3 is 1. The standard InChI is InChI=1S/C13H18O4/c1-8-7-9(5-6-10(8)17-4)11(14)13(2,3)12(15)16/h5-7,11,14H,1-4H3,(H,15,16). The maximum atomic E-state index is 11.1. The van der Waals surface area contributed by atoms with Crippen LogP contribution < -0.4 is 4.74 Å². The molecule has 4 heteroatoms. The lowest BCUT2D eigenvalue weighted by Gasteiger charge is -2.26. The highest BCUT2D eigenvalue weighted by atomic mass is 16.5. The van der Waals surface area contributed by atoms with Crippen LogP contribution in [0.3, 0.4) is 0 Å². The van der Waals surface area contributed by atoms with Crippen molar-refractivity contribution in [2.45, 2.75) is 26.9 Å². The predicted octanol–water partition coefficient (Wildman–Crippen LogP) is 2.15. The number of hydrogen-bond donors (Lipinski definition) is 2. The Morgan fingerprint density at radius 2 is 2.00 bits per heavy atom. The van der Waals surface area contributed by atoms with Crippen LogP contribution in [0.5, 0.6) is 5.75 Å². The van der Waals surface area contributed by atoms with Gasteiger partial charge in [-0.25, -0.2) is 0 Å². The van der Waals surface area contributed by atoms with E-state index in [9.17, 15) is 9.90 Å². The topological polar surface area (TPSA) is 66.8 Å². The number of rotatable bonds is 4. The Hall–Kier alpha value is -1.55. The number of carboxylic acid groups (broad SMARTS) is 1. The first-order valence-electron chi connectivity index (χ1n) is 5.36. The number of aliphatic hydroxyl groups is 1. The van der Waals surface area contributed by atoms with Crippen LogP contribution in [0.2, 0.25) is 0 Å². The fourth-order valence-corrected chi connectivity index (χ4v) is 1.61. The highest BCUT2D eigenvalue weighted by molar-refractivity contribution is 5.74. The summed E-state index contributed by atoms with van der Waals surface area (Å²) in [5.74, 6) is -0.312. The molecule has 0 saturated heterocycles. The number of carbonyl (C=O) groups is 1. The van der Waals surface area contributed by atoms with Crippen molar-refractivity contribution < 1.29 is 19.7 Å². The van der Waals surface area contributed by atoms with E-state index in [4.69, 9.17) is 9.84 Å². The number of hydrogen-bond acceptors (Lipinski definition) is 3. The Morgan fingerprint density at radius 1 is 1.41 bits per heavy atom. The Bertz CT molecular complexity index is 423. The average molecular weight is 238 g/mol. The van der Waals surface area contributed by atoms with Crippen molar-refractivity contribution in [3.05, 3.63) is 29.3 Å². The van der Waals surface area contributed by atoms with Gasteiger partial charge in [0, 0.05) is 0 Å². The molecule has 0 aliphatic rings. The summed E-state index contributed by atoms with van der Waals surface area (Å²) >= 11 is 0. The van der Waals surface area contributed by atoms with E-state index in [1.54, 1.807) is 25.3 Å². The summed E-state index contributed by atoms with van der Waals surface area (Å²) in [6.07, 6.45) is -1.05. The van der Waals surface area contributed by atoms with E-state index in [0.717, 1.165) is 5.56 Å². The molecule has 0 heterocycles. The van der Waals surface area contributed by atoms with Crippen LogP contribution >= 0.6 is 0 Å². The maximum Gasteiger partial charge on any atom is 0.312 e. The zero-order chi connectivity index (χ0) is 13.2. The van der Waals surface area contributed by atoms with Gasteiger partial charge in [0.15, 0.2) is 0 Å². The van der Waals surface area contributed by atoms with Gasteiger partial charge in [0.2, 0.25) is 0 Å². The van der Waals surface area contributed by atoms with Crippen molar-refractivity contribution in [3.63, 3.8) is 0 Å². The van der Waals surface area contributed by atoms with Crippen molar-refractivity contribution in [3.8, 4) is 5.75 Å². The third-order valence-electron chi connectivity index (χ3n) is 2.97. The van der Waals surface area contributed by atoms with E-state index in [2.05, 4.69) is 0 Å². The molecule has 1 aromatic carbocycles. The molecule has 1 rings (SSSR count). The third kappa shape index (κ3) is 2.58. The lowest BCUT2D eigenvalue weighted by atomic mass is 9.82. The molecule has 0 aliphatic carbocycles. The summed E-state index contributed by atoms with van der Waals surface area (Å²) in [4.78, 5) is 11.1. The predicted molar refractivity (Wildman–Crippen MR) is 64.1 cm³/mol. The number of benzene rings is 1. The summed E-state index contributed by atoms with van der Waals surface area (Å²) in [6.45, 7) is 4.85. The number of aryl methyl sites for hydroxylation is 1. The van der Waals surface area contributed by atoms with Gasteiger partial charge in [-0.15, -0.1) is 0 Å². The molecule has 0 radical (unpaired) electrons. The Labute approximate surface area is 101 Å². The van der Waals surface area contributed by atoms with E-state index in [-0.39, 0.29) is 0 Å². The van der Waals surface area contributed by atoms with E-state index in [1.807, 2.05) is 6.92 Å². The van der Waals surface area contributed by atoms with Gasteiger partial charge >= 0.3 is 5.97 Å². The van der Waals surface area contributed by atoms with E-state index >= 15 is 0 Å². The second-order valence-electron chi connectivity index (χ2n) is 4.66. The van der Waals surface area contributed by atoms with Gasteiger partial charge in [0.1, 0.15) is 5.75 Å². The van der Waals surface area contributed by atoms with Gasteiger partial charge in [0.25, 0.3) is 0 Å². The molecule has 0 aromatic heterocycles. The number of aliphatic carboxylic acids is 1. The Kier molecular flexibility index (Phi) is 3.78. The van der Waals surface area contributed by atoms with Crippen LogP contribution in [0.4, 0.5) is 0 Å². The molecule has 0 aliphatic heterocycles. The molecule has 0 spiro atoms. The van der Waals surface area contributed by atoms with Crippen molar-refractivity contribution >= 4 is 5.97 Å². The van der Waals surface area contributed by atoms with Crippen LogP contribution in [-0.2, 0) is 4.79 Å². The Balaban J connectivity index is 3.09. The van der Waals surface area contributed by atoms with Crippen LogP contribution in [0.25, 0.3) is 0 Å². The molecule has 1 unspecified atom stereocenters. The summed E-state index contributed by atoms with van der Waals surface area (Å²) in [6, 6.07) is 5.15. The summed E-state index contributed by atoms with van der Waals surface area (Å²) in [5.41, 5.74) is 0.224. The molecule has 0 amide bonds. The molecule has 2 N–H and O–H groups in total. The molecule has 0 fully saturated rings. The quantitative estimate of drug-likeness (QED) is 0.843. The largest absolute Gasteiger partial charge is 0.496 e. The first kappa shape index (κ1) is 13.5. The first-order chi connectivity index (χ1) is 7.80. The third-order valence-corrected chi connectivity index (χ3v) is 2.97.